The van der Waals surface area contributed by atoms with Gasteiger partial charge in [0.2, 0.25) is 5.88 Å². The van der Waals surface area contributed by atoms with E-state index in [1.165, 1.54) is 18.2 Å². The molecule has 0 radical (unpaired) electrons. The van der Waals surface area contributed by atoms with Crippen LogP contribution in [0.3, 0.4) is 0 Å². The van der Waals surface area contributed by atoms with E-state index in [2.05, 4.69) is 16.8 Å². The number of hydrogen-bond acceptors (Lipinski definition) is 7. The van der Waals surface area contributed by atoms with Crippen molar-refractivity contribution >= 4 is 17.2 Å². The molecule has 1 amide bonds. The number of anilines is 1. The summed E-state index contributed by atoms with van der Waals surface area (Å²) in [5.41, 5.74) is 2.58. The Hall–Kier alpha value is -3.67. The molecule has 2 saturated heterocycles. The number of halogens is 3. The number of hydrogen-bond donors (Lipinski definition) is 1. The highest BCUT2D eigenvalue weighted by Gasteiger charge is 2.31. The normalized spacial score (nSPS) is 19.7. The molecule has 0 spiro atoms. The number of ether oxygens (including phenoxy) is 4. The number of carbonyl (C=O) groups is 1. The highest BCUT2D eigenvalue weighted by molar-refractivity contribution is 5.96. The summed E-state index contributed by atoms with van der Waals surface area (Å²) >= 11 is 0. The Kier molecular flexibility index (Phi) is 10.4. The van der Waals surface area contributed by atoms with Gasteiger partial charge in [-0.05, 0) is 55.8 Å². The molecule has 2 aliphatic heterocycles. The third-order valence-corrected chi connectivity index (χ3v) is 7.07. The zero-order valence-electron chi connectivity index (χ0n) is 24.0. The summed E-state index contributed by atoms with van der Waals surface area (Å²) in [6.45, 7) is 11.1. The predicted octanol–water partition coefficient (Wildman–Crippen LogP) is 5.41. The molecule has 2 aromatic rings. The van der Waals surface area contributed by atoms with E-state index in [1.54, 1.807) is 19.4 Å². The van der Waals surface area contributed by atoms with Crippen LogP contribution in [0.2, 0.25) is 0 Å². The Bertz CT molecular complexity index is 1330. The highest BCUT2D eigenvalue weighted by atomic mass is 19.4. The summed E-state index contributed by atoms with van der Waals surface area (Å²) in [7, 11) is 1.63. The van der Waals surface area contributed by atoms with Gasteiger partial charge in [0.15, 0.2) is 0 Å². The predicted molar refractivity (Wildman–Crippen MR) is 153 cm³/mol. The number of allylic oxidation sites excluding steroid dienone is 4. The summed E-state index contributed by atoms with van der Waals surface area (Å²) in [4.78, 5) is 19.7. The van der Waals surface area contributed by atoms with E-state index in [9.17, 15) is 18.0 Å². The number of rotatable bonds is 9. The molecule has 1 aromatic carbocycles. The Balaban J connectivity index is 1.64. The molecule has 0 bridgehead atoms. The number of methoxy groups -OCH3 is 1. The molecule has 1 aromatic heterocycles. The molecule has 3 heterocycles. The number of benzene rings is 1. The zero-order chi connectivity index (χ0) is 30.3. The molecule has 2 atom stereocenters. The van der Waals surface area contributed by atoms with Gasteiger partial charge in [-0.25, -0.2) is 4.98 Å². The number of aromatic nitrogens is 1. The van der Waals surface area contributed by atoms with Gasteiger partial charge in [0, 0.05) is 49.6 Å². The molecule has 42 heavy (non-hydrogen) atoms. The van der Waals surface area contributed by atoms with Crippen molar-refractivity contribution in [2.75, 3.05) is 51.5 Å². The summed E-state index contributed by atoms with van der Waals surface area (Å²) in [5, 5.41) is 2.68. The van der Waals surface area contributed by atoms with Gasteiger partial charge in [0.1, 0.15) is 17.9 Å². The van der Waals surface area contributed by atoms with Crippen LogP contribution in [-0.4, -0.2) is 69.7 Å². The average Bonchev–Trinajstić information content (AvgIpc) is 2.99. The molecule has 0 aliphatic carbocycles. The molecule has 2 aliphatic rings. The van der Waals surface area contributed by atoms with Crippen LogP contribution < -0.4 is 15.0 Å². The summed E-state index contributed by atoms with van der Waals surface area (Å²) in [6, 6.07) is 6.27. The van der Waals surface area contributed by atoms with Gasteiger partial charge in [0.05, 0.1) is 32.0 Å². The standard InChI is InChI=1S/C31H36F3N3O5/c1-5-24(36-29(38)21-7-6-8-23(15-21)31(32,33)34)17-25(20(2)3)22-16-26(37-10-13-40-14-11-37)30(35-18-22)42-27-9-12-41-19-28(27)39-4/h5-8,15-18,27-28H,1,9-14,19H2,2-4H3,(H,36,38)/b24-17+/t27-,28-/m0/s1. The lowest BCUT2D eigenvalue weighted by Crippen LogP contribution is -2.42. The third-order valence-electron chi connectivity index (χ3n) is 7.07. The summed E-state index contributed by atoms with van der Waals surface area (Å²) in [6.07, 6.45) is 0.549. The van der Waals surface area contributed by atoms with Crippen LogP contribution in [0.4, 0.5) is 18.9 Å². The number of morpholine rings is 1. The lowest BCUT2D eigenvalue weighted by molar-refractivity contribution is -0.137. The van der Waals surface area contributed by atoms with Gasteiger partial charge in [0.25, 0.3) is 5.91 Å². The first-order chi connectivity index (χ1) is 20.1. The van der Waals surface area contributed by atoms with Gasteiger partial charge in [-0.3, -0.25) is 4.79 Å². The molecule has 4 rings (SSSR count). The van der Waals surface area contributed by atoms with E-state index in [4.69, 9.17) is 23.9 Å². The minimum atomic E-state index is -4.56. The van der Waals surface area contributed by atoms with Crippen molar-refractivity contribution in [3.05, 3.63) is 83.2 Å². The minimum absolute atomic E-state index is 0.114. The summed E-state index contributed by atoms with van der Waals surface area (Å²) in [5.74, 6) is -0.200. The van der Waals surface area contributed by atoms with Crippen molar-refractivity contribution in [1.82, 2.24) is 10.3 Å². The topological polar surface area (TPSA) is 82.2 Å². The Morgan fingerprint density at radius 1 is 1.12 bits per heavy atom. The second-order valence-electron chi connectivity index (χ2n) is 10.2. The smallest absolute Gasteiger partial charge is 0.416 e. The maximum Gasteiger partial charge on any atom is 0.416 e. The highest BCUT2D eigenvalue weighted by Crippen LogP contribution is 2.34. The minimum Gasteiger partial charge on any atom is -0.470 e. The largest absolute Gasteiger partial charge is 0.470 e. The Morgan fingerprint density at radius 3 is 2.55 bits per heavy atom. The molecule has 226 valence electrons. The van der Waals surface area contributed by atoms with E-state index in [0.717, 1.165) is 34.5 Å². The van der Waals surface area contributed by atoms with Crippen LogP contribution in [-0.2, 0) is 20.4 Å². The van der Waals surface area contributed by atoms with Crippen LogP contribution in [0.15, 0.2) is 66.5 Å². The van der Waals surface area contributed by atoms with E-state index < -0.39 is 17.6 Å². The molecule has 8 nitrogen and oxygen atoms in total. The van der Waals surface area contributed by atoms with Crippen molar-refractivity contribution in [3.8, 4) is 5.88 Å². The number of amides is 1. The van der Waals surface area contributed by atoms with Crippen molar-refractivity contribution < 1.29 is 36.9 Å². The molecular weight excluding hydrogens is 551 g/mol. The van der Waals surface area contributed by atoms with Crippen molar-refractivity contribution in [2.45, 2.75) is 38.7 Å². The summed E-state index contributed by atoms with van der Waals surface area (Å²) < 4.78 is 62.6. The molecule has 0 unspecified atom stereocenters. The fourth-order valence-electron chi connectivity index (χ4n) is 4.76. The van der Waals surface area contributed by atoms with Crippen LogP contribution >= 0.6 is 0 Å². The zero-order valence-corrected chi connectivity index (χ0v) is 24.0. The van der Waals surface area contributed by atoms with Crippen LogP contribution in [0.25, 0.3) is 5.57 Å². The second kappa shape index (κ2) is 14.0. The van der Waals surface area contributed by atoms with E-state index in [0.29, 0.717) is 57.5 Å². The number of nitrogens with zero attached hydrogens (tertiary/aromatic N) is 2. The number of nitrogens with one attached hydrogen (secondary N) is 1. The van der Waals surface area contributed by atoms with Crippen molar-refractivity contribution in [3.63, 3.8) is 0 Å². The number of alkyl halides is 3. The quantitative estimate of drug-likeness (QED) is 0.393. The monoisotopic (exact) mass is 587 g/mol. The van der Waals surface area contributed by atoms with Gasteiger partial charge < -0.3 is 29.2 Å². The SMILES string of the molecule is C=C/C(=C\C(=C(C)C)c1cnc(O[C@H]2CCOC[C@@H]2OC)c(N2CCOCC2)c1)NC(=O)c1cccc(C(F)(F)F)c1. The lowest BCUT2D eigenvalue weighted by Gasteiger charge is -2.34. The fraction of sp³-hybridized carbons (Fsp3) is 0.419. The van der Waals surface area contributed by atoms with Crippen LogP contribution in [0.1, 0.15) is 41.8 Å². The van der Waals surface area contributed by atoms with Crippen molar-refractivity contribution in [1.29, 1.82) is 0 Å². The fourth-order valence-corrected chi connectivity index (χ4v) is 4.76. The average molecular weight is 588 g/mol. The van der Waals surface area contributed by atoms with Crippen LogP contribution in [0.5, 0.6) is 5.88 Å². The van der Waals surface area contributed by atoms with Crippen LogP contribution in [0, 0.1) is 0 Å². The third kappa shape index (κ3) is 7.78. The first-order valence-corrected chi connectivity index (χ1v) is 13.7. The maximum atomic E-state index is 13.2. The lowest BCUT2D eigenvalue weighted by atomic mass is 10.0. The van der Waals surface area contributed by atoms with Gasteiger partial charge in [-0.1, -0.05) is 18.2 Å². The van der Waals surface area contributed by atoms with Gasteiger partial charge in [-0.2, -0.15) is 13.2 Å². The molecule has 0 saturated carbocycles. The number of carbonyl (C=O) groups excluding carboxylic acids is 1. The Labute approximate surface area is 243 Å². The van der Waals surface area contributed by atoms with Gasteiger partial charge in [-0.15, -0.1) is 0 Å². The first kappa shape index (κ1) is 31.3. The maximum absolute atomic E-state index is 13.2. The molecule has 2 fully saturated rings. The van der Waals surface area contributed by atoms with E-state index in [-0.39, 0.29) is 17.8 Å². The van der Waals surface area contributed by atoms with E-state index >= 15 is 0 Å². The molecule has 1 N–H and O–H groups in total. The van der Waals surface area contributed by atoms with E-state index in [1.807, 2.05) is 19.9 Å². The first-order valence-electron chi connectivity index (χ1n) is 13.7. The molecular formula is C31H36F3N3O5. The van der Waals surface area contributed by atoms with Gasteiger partial charge >= 0.3 is 6.18 Å². The second-order valence-corrected chi connectivity index (χ2v) is 10.2. The van der Waals surface area contributed by atoms with Crippen molar-refractivity contribution in [2.24, 2.45) is 0 Å². The molecule has 11 heteroatoms. The Morgan fingerprint density at radius 2 is 1.88 bits per heavy atom. The number of pyridine rings is 1.